The Morgan fingerprint density at radius 3 is 2.33 bits per heavy atom. The van der Waals surface area contributed by atoms with Crippen molar-refractivity contribution < 1.29 is 4.79 Å². The van der Waals surface area contributed by atoms with Gasteiger partial charge in [-0.2, -0.15) is 0 Å². The first-order valence-electron chi connectivity index (χ1n) is 4.56. The molecule has 2 nitrogen and oxygen atoms in total. The van der Waals surface area contributed by atoms with Crippen molar-refractivity contribution in [3.63, 3.8) is 0 Å². The molecule has 1 rings (SSSR count). The molecule has 0 aromatic heterocycles. The number of hydrogen-bond donors (Lipinski definition) is 0. The van der Waals surface area contributed by atoms with Gasteiger partial charge in [0.25, 0.3) is 0 Å². The smallest absolute Gasteiger partial charge is 0.225 e. The highest BCUT2D eigenvalue weighted by molar-refractivity contribution is 5.78. The van der Waals surface area contributed by atoms with E-state index in [1.165, 1.54) is 5.57 Å². The Labute approximate surface area is 74.2 Å². The van der Waals surface area contributed by atoms with Gasteiger partial charge in [0.2, 0.25) is 5.91 Å². The highest BCUT2D eigenvalue weighted by Crippen LogP contribution is 2.15. The minimum atomic E-state index is 0.136. The Kier molecular flexibility index (Phi) is 2.90. The summed E-state index contributed by atoms with van der Waals surface area (Å²) in [5, 5.41) is 0. The van der Waals surface area contributed by atoms with Gasteiger partial charge in [0.15, 0.2) is 0 Å². The minimum absolute atomic E-state index is 0.136. The van der Waals surface area contributed by atoms with Crippen LogP contribution in [0.3, 0.4) is 0 Å². The topological polar surface area (TPSA) is 20.3 Å². The lowest BCUT2D eigenvalue weighted by Gasteiger charge is -2.29. The fourth-order valence-electron chi connectivity index (χ4n) is 1.41. The van der Waals surface area contributed by atoms with Crippen molar-refractivity contribution in [2.75, 3.05) is 13.1 Å². The van der Waals surface area contributed by atoms with Crippen molar-refractivity contribution in [3.8, 4) is 0 Å². The molecule has 1 aliphatic rings. The third-order valence-corrected chi connectivity index (χ3v) is 2.28. The zero-order valence-electron chi connectivity index (χ0n) is 7.97. The maximum atomic E-state index is 11.5. The third kappa shape index (κ3) is 2.10. The van der Waals surface area contributed by atoms with E-state index in [-0.39, 0.29) is 11.8 Å². The molecule has 0 saturated carbocycles. The molecule has 1 aliphatic heterocycles. The predicted octanol–water partition coefficient (Wildman–Crippen LogP) is 1.82. The summed E-state index contributed by atoms with van der Waals surface area (Å²) in [7, 11) is 0. The van der Waals surface area contributed by atoms with Crippen LogP contribution in [0.2, 0.25) is 0 Å². The quantitative estimate of drug-likeness (QED) is 0.545. The Balaban J connectivity index is 2.44. The van der Waals surface area contributed by atoms with Crippen LogP contribution in [0.1, 0.15) is 26.7 Å². The minimum Gasteiger partial charge on any atom is -0.342 e. The molecule has 0 N–H and O–H groups in total. The predicted molar refractivity (Wildman–Crippen MR) is 49.8 cm³/mol. The molecule has 0 aromatic carbocycles. The highest BCUT2D eigenvalue weighted by atomic mass is 16.2. The molecule has 0 spiro atoms. The van der Waals surface area contributed by atoms with Gasteiger partial charge in [-0.25, -0.2) is 0 Å². The number of nitrogens with zero attached hydrogens (tertiary/aromatic N) is 1. The number of hydrogen-bond acceptors (Lipinski definition) is 1. The molecular weight excluding hydrogens is 150 g/mol. The molecule has 0 bridgehead atoms. The zero-order chi connectivity index (χ0) is 9.14. The van der Waals surface area contributed by atoms with Crippen LogP contribution in [-0.4, -0.2) is 23.9 Å². The van der Waals surface area contributed by atoms with Crippen molar-refractivity contribution in [3.05, 3.63) is 12.2 Å². The number of piperidine rings is 1. The van der Waals surface area contributed by atoms with Crippen molar-refractivity contribution in [2.45, 2.75) is 26.7 Å². The van der Waals surface area contributed by atoms with Gasteiger partial charge < -0.3 is 4.90 Å². The first-order chi connectivity index (χ1) is 5.61. The first kappa shape index (κ1) is 9.30. The van der Waals surface area contributed by atoms with E-state index in [2.05, 4.69) is 6.58 Å². The average Bonchev–Trinajstić information content (AvgIpc) is 2.04. The molecule has 12 heavy (non-hydrogen) atoms. The average molecular weight is 167 g/mol. The Morgan fingerprint density at radius 1 is 1.42 bits per heavy atom. The zero-order valence-corrected chi connectivity index (χ0v) is 7.97. The van der Waals surface area contributed by atoms with Crippen LogP contribution in [0.5, 0.6) is 0 Å². The number of rotatable bonds is 1. The standard InChI is InChI=1S/C10H17NO/c1-8(2)10(12)11-6-4-9(3)5-7-11/h8H,3-7H2,1-2H3. The van der Waals surface area contributed by atoms with Crippen molar-refractivity contribution >= 4 is 5.91 Å². The van der Waals surface area contributed by atoms with Gasteiger partial charge in [-0.3, -0.25) is 4.79 Å². The molecule has 0 unspecified atom stereocenters. The van der Waals surface area contributed by atoms with E-state index in [4.69, 9.17) is 0 Å². The molecule has 1 heterocycles. The van der Waals surface area contributed by atoms with E-state index in [1.54, 1.807) is 0 Å². The summed E-state index contributed by atoms with van der Waals surface area (Å²) < 4.78 is 0. The van der Waals surface area contributed by atoms with Crippen LogP contribution in [0.15, 0.2) is 12.2 Å². The number of likely N-dealkylation sites (tertiary alicyclic amines) is 1. The van der Waals surface area contributed by atoms with Gasteiger partial charge in [0.1, 0.15) is 0 Å². The maximum absolute atomic E-state index is 11.5. The lowest BCUT2D eigenvalue weighted by molar-refractivity contribution is -0.134. The fourth-order valence-corrected chi connectivity index (χ4v) is 1.41. The second kappa shape index (κ2) is 3.74. The summed E-state index contributed by atoms with van der Waals surface area (Å²) in [4.78, 5) is 13.4. The van der Waals surface area contributed by atoms with Crippen LogP contribution in [0, 0.1) is 5.92 Å². The van der Waals surface area contributed by atoms with Gasteiger partial charge in [-0.15, -0.1) is 0 Å². The van der Waals surface area contributed by atoms with E-state index < -0.39 is 0 Å². The Bertz CT molecular complexity index is 186. The van der Waals surface area contributed by atoms with E-state index in [0.717, 1.165) is 25.9 Å². The summed E-state index contributed by atoms with van der Waals surface area (Å²) in [6.45, 7) is 9.56. The lowest BCUT2D eigenvalue weighted by Crippen LogP contribution is -2.38. The first-order valence-corrected chi connectivity index (χ1v) is 4.56. The molecule has 68 valence electrons. The maximum Gasteiger partial charge on any atom is 0.225 e. The van der Waals surface area contributed by atoms with Crippen LogP contribution < -0.4 is 0 Å². The Hall–Kier alpha value is -0.790. The highest BCUT2D eigenvalue weighted by Gasteiger charge is 2.19. The molecular formula is C10H17NO. The summed E-state index contributed by atoms with van der Waals surface area (Å²) in [6, 6.07) is 0. The van der Waals surface area contributed by atoms with E-state index in [0.29, 0.717) is 0 Å². The van der Waals surface area contributed by atoms with E-state index in [1.807, 2.05) is 18.7 Å². The van der Waals surface area contributed by atoms with Crippen LogP contribution >= 0.6 is 0 Å². The van der Waals surface area contributed by atoms with E-state index in [9.17, 15) is 4.79 Å². The SMILES string of the molecule is C=C1CCN(C(=O)C(C)C)CC1. The fraction of sp³-hybridized carbons (Fsp3) is 0.700. The number of carbonyl (C=O) groups is 1. The van der Waals surface area contributed by atoms with Gasteiger partial charge in [-0.05, 0) is 12.8 Å². The summed E-state index contributed by atoms with van der Waals surface area (Å²) in [6.07, 6.45) is 1.97. The van der Waals surface area contributed by atoms with Gasteiger partial charge >= 0.3 is 0 Å². The molecule has 0 radical (unpaired) electrons. The van der Waals surface area contributed by atoms with Gasteiger partial charge in [-0.1, -0.05) is 26.0 Å². The molecule has 0 atom stereocenters. The molecule has 1 fully saturated rings. The molecule has 0 aromatic rings. The largest absolute Gasteiger partial charge is 0.342 e. The van der Waals surface area contributed by atoms with Crippen LogP contribution in [0.4, 0.5) is 0 Å². The summed E-state index contributed by atoms with van der Waals surface area (Å²) >= 11 is 0. The lowest BCUT2D eigenvalue weighted by atomic mass is 10.0. The van der Waals surface area contributed by atoms with Crippen LogP contribution in [-0.2, 0) is 4.79 Å². The van der Waals surface area contributed by atoms with Crippen molar-refractivity contribution in [2.24, 2.45) is 5.92 Å². The molecule has 1 saturated heterocycles. The van der Waals surface area contributed by atoms with Gasteiger partial charge in [0.05, 0.1) is 0 Å². The molecule has 2 heteroatoms. The summed E-state index contributed by atoms with van der Waals surface area (Å²) in [5.74, 6) is 0.416. The van der Waals surface area contributed by atoms with E-state index >= 15 is 0 Å². The second-order valence-corrected chi connectivity index (χ2v) is 3.73. The number of carbonyl (C=O) groups excluding carboxylic acids is 1. The molecule has 1 amide bonds. The molecule has 0 aliphatic carbocycles. The number of amides is 1. The second-order valence-electron chi connectivity index (χ2n) is 3.73. The summed E-state index contributed by atoms with van der Waals surface area (Å²) in [5.41, 5.74) is 1.28. The third-order valence-electron chi connectivity index (χ3n) is 2.28. The monoisotopic (exact) mass is 167 g/mol. The normalized spacial score (nSPS) is 18.6. The van der Waals surface area contributed by atoms with Crippen LogP contribution in [0.25, 0.3) is 0 Å². The Morgan fingerprint density at radius 2 is 1.92 bits per heavy atom. The van der Waals surface area contributed by atoms with Crippen molar-refractivity contribution in [1.29, 1.82) is 0 Å². The van der Waals surface area contributed by atoms with Gasteiger partial charge in [0, 0.05) is 19.0 Å². The van der Waals surface area contributed by atoms with Crippen molar-refractivity contribution in [1.82, 2.24) is 4.90 Å².